The van der Waals surface area contributed by atoms with Gasteiger partial charge in [0.25, 0.3) is 0 Å². The van der Waals surface area contributed by atoms with Gasteiger partial charge in [-0.25, -0.2) is 0 Å². The molecule has 0 atom stereocenters. The lowest BCUT2D eigenvalue weighted by atomic mass is 10.2. The monoisotopic (exact) mass is 183 g/mol. The van der Waals surface area contributed by atoms with E-state index in [4.69, 9.17) is 0 Å². The first-order chi connectivity index (χ1) is 4.34. The molecule has 0 N–H and O–H groups in total. The molecule has 0 aliphatic carbocycles. The summed E-state index contributed by atoms with van der Waals surface area (Å²) < 4.78 is 1.15. The maximum Gasteiger partial charge on any atom is 0.0207 e. The van der Waals surface area contributed by atoms with Gasteiger partial charge in [0.05, 0.1) is 0 Å². The fourth-order valence-corrected chi connectivity index (χ4v) is 1.18. The van der Waals surface area contributed by atoms with Crippen molar-refractivity contribution in [2.24, 2.45) is 0 Å². The van der Waals surface area contributed by atoms with E-state index in [1.165, 1.54) is 5.56 Å². The fourth-order valence-electron chi connectivity index (χ4n) is 0.701. The minimum absolute atomic E-state index is 0.849. The summed E-state index contributed by atoms with van der Waals surface area (Å²) in [5.41, 5.74) is 1.26. The smallest absolute Gasteiger partial charge is 0.0207 e. The molecule has 0 saturated heterocycles. The Morgan fingerprint density at radius 1 is 1.33 bits per heavy atom. The molecule has 1 rings (SSSR count). The first-order valence-corrected chi connectivity index (χ1v) is 3.66. The molecule has 0 fully saturated rings. The fraction of sp³-hybridized carbons (Fsp3) is 0.125. The van der Waals surface area contributed by atoms with Crippen LogP contribution in [0.1, 0.15) is 5.56 Å². The van der Waals surface area contributed by atoms with Crippen molar-refractivity contribution in [1.82, 2.24) is 0 Å². The number of halogens is 1. The molecule has 0 nitrogen and oxygen atoms in total. The predicted octanol–water partition coefficient (Wildman–Crippen LogP) is 2.83. The van der Waals surface area contributed by atoms with Gasteiger partial charge in [0.15, 0.2) is 0 Å². The maximum atomic E-state index is 3.79. The standard InChI is InChI=1S/C8H8Br/c1-2-7-5-3-4-6-8(7)9/h3-6H,1-2H2. The van der Waals surface area contributed by atoms with Crippen LogP contribution in [0.5, 0.6) is 0 Å². The molecule has 47 valence electrons. The zero-order valence-corrected chi connectivity index (χ0v) is 6.69. The highest BCUT2D eigenvalue weighted by Gasteiger charge is 1.91. The first kappa shape index (κ1) is 6.81. The van der Waals surface area contributed by atoms with Crippen molar-refractivity contribution in [3.05, 3.63) is 41.2 Å². The topological polar surface area (TPSA) is 0 Å². The van der Waals surface area contributed by atoms with Crippen LogP contribution in [0, 0.1) is 6.92 Å². The van der Waals surface area contributed by atoms with Crippen molar-refractivity contribution in [2.45, 2.75) is 6.42 Å². The van der Waals surface area contributed by atoms with E-state index >= 15 is 0 Å². The molecule has 0 bridgehead atoms. The van der Waals surface area contributed by atoms with E-state index in [1.807, 2.05) is 18.2 Å². The summed E-state index contributed by atoms with van der Waals surface area (Å²) in [6, 6.07) is 8.12. The summed E-state index contributed by atoms with van der Waals surface area (Å²) in [7, 11) is 0. The third-order valence-corrected chi connectivity index (χ3v) is 2.00. The van der Waals surface area contributed by atoms with Crippen molar-refractivity contribution in [3.63, 3.8) is 0 Å². The molecular formula is C8H8Br. The minimum Gasteiger partial charge on any atom is -0.0619 e. The van der Waals surface area contributed by atoms with Gasteiger partial charge >= 0.3 is 0 Å². The highest BCUT2D eigenvalue weighted by atomic mass is 79.9. The van der Waals surface area contributed by atoms with Gasteiger partial charge in [-0.15, -0.1) is 0 Å². The molecule has 1 heteroatoms. The molecule has 1 aromatic carbocycles. The summed E-state index contributed by atoms with van der Waals surface area (Å²) in [4.78, 5) is 0. The van der Waals surface area contributed by atoms with E-state index in [0.29, 0.717) is 0 Å². The van der Waals surface area contributed by atoms with Crippen molar-refractivity contribution in [2.75, 3.05) is 0 Å². The van der Waals surface area contributed by atoms with Crippen LogP contribution in [0.25, 0.3) is 0 Å². The number of benzene rings is 1. The van der Waals surface area contributed by atoms with E-state index in [-0.39, 0.29) is 0 Å². The van der Waals surface area contributed by atoms with E-state index < -0.39 is 0 Å². The Balaban J connectivity index is 3.01. The Morgan fingerprint density at radius 3 is 2.44 bits per heavy atom. The third kappa shape index (κ3) is 1.55. The highest BCUT2D eigenvalue weighted by Crippen LogP contribution is 2.15. The Morgan fingerprint density at radius 2 is 2.00 bits per heavy atom. The van der Waals surface area contributed by atoms with Crippen molar-refractivity contribution in [3.8, 4) is 0 Å². The minimum atomic E-state index is 0.849. The van der Waals surface area contributed by atoms with E-state index in [9.17, 15) is 0 Å². The number of hydrogen-bond donors (Lipinski definition) is 0. The Hall–Kier alpha value is -0.300. The molecule has 0 spiro atoms. The van der Waals surface area contributed by atoms with Crippen molar-refractivity contribution >= 4 is 15.9 Å². The Kier molecular flexibility index (Phi) is 2.29. The largest absolute Gasteiger partial charge is 0.0619 e. The number of hydrogen-bond acceptors (Lipinski definition) is 0. The SMILES string of the molecule is [CH2]Cc1ccccc1Br. The zero-order chi connectivity index (χ0) is 6.69. The molecule has 0 aliphatic rings. The van der Waals surface area contributed by atoms with Gasteiger partial charge in [-0.05, 0) is 25.0 Å². The Bertz CT molecular complexity index is 194. The number of rotatable bonds is 1. The first-order valence-electron chi connectivity index (χ1n) is 2.87. The van der Waals surface area contributed by atoms with Gasteiger partial charge in [-0.1, -0.05) is 34.1 Å². The molecule has 0 saturated carbocycles. The van der Waals surface area contributed by atoms with Gasteiger partial charge in [0.1, 0.15) is 0 Å². The highest BCUT2D eigenvalue weighted by molar-refractivity contribution is 9.10. The predicted molar refractivity (Wildman–Crippen MR) is 43.2 cm³/mol. The molecule has 1 radical (unpaired) electrons. The van der Waals surface area contributed by atoms with Crippen LogP contribution in [-0.4, -0.2) is 0 Å². The van der Waals surface area contributed by atoms with Crippen LogP contribution in [0.2, 0.25) is 0 Å². The van der Waals surface area contributed by atoms with Gasteiger partial charge < -0.3 is 0 Å². The summed E-state index contributed by atoms with van der Waals surface area (Å²) in [6.45, 7) is 3.79. The molecular weight excluding hydrogens is 176 g/mol. The summed E-state index contributed by atoms with van der Waals surface area (Å²) in [5, 5.41) is 0. The second-order valence-electron chi connectivity index (χ2n) is 1.84. The molecule has 0 amide bonds. The molecule has 9 heavy (non-hydrogen) atoms. The second-order valence-corrected chi connectivity index (χ2v) is 2.70. The molecule has 0 unspecified atom stereocenters. The summed E-state index contributed by atoms with van der Waals surface area (Å²) in [6.07, 6.45) is 0.849. The van der Waals surface area contributed by atoms with Gasteiger partial charge in [0, 0.05) is 4.47 Å². The average Bonchev–Trinajstić information content (AvgIpc) is 1.89. The van der Waals surface area contributed by atoms with Crippen LogP contribution in [0.3, 0.4) is 0 Å². The third-order valence-electron chi connectivity index (χ3n) is 1.23. The quantitative estimate of drug-likeness (QED) is 0.629. The summed E-state index contributed by atoms with van der Waals surface area (Å²) >= 11 is 3.42. The zero-order valence-electron chi connectivity index (χ0n) is 5.10. The molecule has 0 heterocycles. The van der Waals surface area contributed by atoms with Crippen LogP contribution in [-0.2, 0) is 6.42 Å². The normalized spacial score (nSPS) is 9.56. The molecule has 0 aromatic heterocycles. The van der Waals surface area contributed by atoms with E-state index in [1.54, 1.807) is 0 Å². The van der Waals surface area contributed by atoms with Gasteiger partial charge in [0.2, 0.25) is 0 Å². The maximum absolute atomic E-state index is 3.79. The van der Waals surface area contributed by atoms with Crippen LogP contribution < -0.4 is 0 Å². The van der Waals surface area contributed by atoms with Crippen molar-refractivity contribution < 1.29 is 0 Å². The lowest BCUT2D eigenvalue weighted by molar-refractivity contribution is 1.25. The molecule has 0 aliphatic heterocycles. The van der Waals surface area contributed by atoms with Crippen molar-refractivity contribution in [1.29, 1.82) is 0 Å². The summed E-state index contributed by atoms with van der Waals surface area (Å²) in [5.74, 6) is 0. The molecule has 1 aromatic rings. The van der Waals surface area contributed by atoms with E-state index in [0.717, 1.165) is 10.9 Å². The van der Waals surface area contributed by atoms with E-state index in [2.05, 4.69) is 28.9 Å². The van der Waals surface area contributed by atoms with Gasteiger partial charge in [-0.3, -0.25) is 0 Å². The van der Waals surface area contributed by atoms with Crippen LogP contribution >= 0.6 is 15.9 Å². The lowest BCUT2D eigenvalue weighted by Gasteiger charge is -1.96. The second kappa shape index (κ2) is 3.02. The van der Waals surface area contributed by atoms with Gasteiger partial charge in [-0.2, -0.15) is 0 Å². The Labute approximate surface area is 64.0 Å². The van der Waals surface area contributed by atoms with Crippen LogP contribution in [0.4, 0.5) is 0 Å². The lowest BCUT2D eigenvalue weighted by Crippen LogP contribution is -1.79. The van der Waals surface area contributed by atoms with Crippen LogP contribution in [0.15, 0.2) is 28.7 Å². The average molecular weight is 184 g/mol.